The Balaban J connectivity index is 2.42. The Labute approximate surface area is 109 Å². The van der Waals surface area contributed by atoms with Gasteiger partial charge in [-0.15, -0.1) is 0 Å². The number of pyridine rings is 1. The summed E-state index contributed by atoms with van der Waals surface area (Å²) in [7, 11) is 1.68. The molecule has 0 saturated carbocycles. The third-order valence-electron chi connectivity index (χ3n) is 2.63. The second kappa shape index (κ2) is 5.14. The Morgan fingerprint density at radius 3 is 2.47 bits per heavy atom. The third kappa shape index (κ3) is 2.50. The van der Waals surface area contributed by atoms with Crippen LogP contribution in [-0.2, 0) is 0 Å². The van der Waals surface area contributed by atoms with E-state index in [1.165, 1.54) is 12.1 Å². The van der Waals surface area contributed by atoms with Gasteiger partial charge in [-0.25, -0.2) is 4.98 Å². The molecular weight excluding hydrogens is 244 g/mol. The summed E-state index contributed by atoms with van der Waals surface area (Å²) in [5.41, 5.74) is 1.89. The summed E-state index contributed by atoms with van der Waals surface area (Å²) >= 11 is 0. The number of nitro groups is 1. The van der Waals surface area contributed by atoms with Crippen LogP contribution >= 0.6 is 0 Å². The van der Waals surface area contributed by atoms with Crippen LogP contribution in [0.15, 0.2) is 36.4 Å². The first-order valence-electron chi connectivity index (χ1n) is 5.49. The summed E-state index contributed by atoms with van der Waals surface area (Å²) in [5, 5.41) is 22.3. The van der Waals surface area contributed by atoms with Gasteiger partial charge in [0.25, 0.3) is 5.69 Å². The molecule has 94 valence electrons. The predicted octanol–water partition coefficient (Wildman–Crippen LogP) is 2.57. The molecule has 6 heteroatoms. The van der Waals surface area contributed by atoms with E-state index in [4.69, 9.17) is 5.26 Å². The minimum atomic E-state index is -0.449. The predicted molar refractivity (Wildman–Crippen MR) is 70.6 cm³/mol. The topological polar surface area (TPSA) is 91.8 Å². The molecule has 0 aliphatic heterocycles. The number of aromatic nitrogens is 1. The van der Waals surface area contributed by atoms with Gasteiger partial charge in [-0.1, -0.05) is 0 Å². The lowest BCUT2D eigenvalue weighted by Gasteiger charge is -2.05. The number of nitro benzene ring substituents is 1. The maximum Gasteiger partial charge on any atom is 0.269 e. The maximum atomic E-state index is 10.6. The van der Waals surface area contributed by atoms with E-state index in [0.717, 1.165) is 5.56 Å². The van der Waals surface area contributed by atoms with Gasteiger partial charge in [-0.05, 0) is 24.3 Å². The van der Waals surface area contributed by atoms with Crippen molar-refractivity contribution in [3.8, 4) is 17.3 Å². The molecule has 2 rings (SSSR count). The Morgan fingerprint density at radius 2 is 1.95 bits per heavy atom. The third-order valence-corrected chi connectivity index (χ3v) is 2.63. The van der Waals surface area contributed by atoms with E-state index in [-0.39, 0.29) is 5.69 Å². The lowest BCUT2D eigenvalue weighted by Crippen LogP contribution is -1.97. The molecule has 0 saturated heterocycles. The van der Waals surface area contributed by atoms with Crippen molar-refractivity contribution in [2.75, 3.05) is 12.4 Å². The molecule has 19 heavy (non-hydrogen) atoms. The van der Waals surface area contributed by atoms with E-state index >= 15 is 0 Å². The van der Waals surface area contributed by atoms with E-state index in [1.807, 2.05) is 6.07 Å². The number of rotatable bonds is 3. The first kappa shape index (κ1) is 12.5. The fourth-order valence-corrected chi connectivity index (χ4v) is 1.65. The van der Waals surface area contributed by atoms with Crippen LogP contribution in [0, 0.1) is 21.4 Å². The number of anilines is 1. The van der Waals surface area contributed by atoms with Crippen LogP contribution in [0.4, 0.5) is 11.5 Å². The maximum absolute atomic E-state index is 10.6. The smallest absolute Gasteiger partial charge is 0.269 e. The Morgan fingerprint density at radius 1 is 1.26 bits per heavy atom. The molecule has 1 aromatic heterocycles. The molecule has 0 fully saturated rings. The average molecular weight is 254 g/mol. The molecule has 0 radical (unpaired) electrons. The minimum Gasteiger partial charge on any atom is -0.372 e. The van der Waals surface area contributed by atoms with Crippen molar-refractivity contribution >= 4 is 11.5 Å². The largest absolute Gasteiger partial charge is 0.372 e. The van der Waals surface area contributed by atoms with Gasteiger partial charge < -0.3 is 5.32 Å². The Bertz CT molecular complexity index is 659. The van der Waals surface area contributed by atoms with Gasteiger partial charge in [0.1, 0.15) is 11.9 Å². The van der Waals surface area contributed by atoms with Crippen LogP contribution in [0.5, 0.6) is 0 Å². The molecule has 1 heterocycles. The molecule has 0 atom stereocenters. The molecule has 6 nitrogen and oxygen atoms in total. The van der Waals surface area contributed by atoms with Gasteiger partial charge >= 0.3 is 0 Å². The summed E-state index contributed by atoms with van der Waals surface area (Å²) in [5.74, 6) is 0.485. The van der Waals surface area contributed by atoms with Gasteiger partial charge in [0.05, 0.1) is 16.2 Å². The van der Waals surface area contributed by atoms with Gasteiger partial charge in [0.2, 0.25) is 0 Å². The molecule has 1 aromatic carbocycles. The Hall–Kier alpha value is -2.94. The van der Waals surface area contributed by atoms with Crippen molar-refractivity contribution in [3.05, 3.63) is 52.1 Å². The van der Waals surface area contributed by atoms with Gasteiger partial charge in [-0.3, -0.25) is 10.1 Å². The fourth-order valence-electron chi connectivity index (χ4n) is 1.65. The van der Waals surface area contributed by atoms with Crippen molar-refractivity contribution in [1.82, 2.24) is 4.98 Å². The standard InChI is InChI=1S/C13H10N4O2/c1-15-13-10(8-14)4-7-12(16-13)9-2-5-11(6-3-9)17(18)19/h2-7H,1H3,(H,15,16). The van der Waals surface area contributed by atoms with E-state index in [1.54, 1.807) is 31.3 Å². The number of non-ortho nitro benzene ring substituents is 1. The molecule has 2 aromatic rings. The highest BCUT2D eigenvalue weighted by Gasteiger charge is 2.08. The Kier molecular flexibility index (Phi) is 3.39. The van der Waals surface area contributed by atoms with Crippen molar-refractivity contribution in [1.29, 1.82) is 5.26 Å². The lowest BCUT2D eigenvalue weighted by atomic mass is 10.1. The lowest BCUT2D eigenvalue weighted by molar-refractivity contribution is -0.384. The molecule has 0 aliphatic carbocycles. The number of nitriles is 1. The zero-order valence-electron chi connectivity index (χ0n) is 10.1. The average Bonchev–Trinajstić information content (AvgIpc) is 2.46. The van der Waals surface area contributed by atoms with Crippen molar-refractivity contribution in [3.63, 3.8) is 0 Å². The molecule has 0 bridgehead atoms. The fraction of sp³-hybridized carbons (Fsp3) is 0.0769. The van der Waals surface area contributed by atoms with Crippen LogP contribution in [0.3, 0.4) is 0 Å². The van der Waals surface area contributed by atoms with E-state index < -0.39 is 4.92 Å². The number of benzene rings is 1. The zero-order valence-corrected chi connectivity index (χ0v) is 10.1. The first-order chi connectivity index (χ1) is 9.15. The number of nitrogens with one attached hydrogen (secondary N) is 1. The van der Waals surface area contributed by atoms with Crippen molar-refractivity contribution < 1.29 is 4.92 Å². The highest BCUT2D eigenvalue weighted by atomic mass is 16.6. The monoisotopic (exact) mass is 254 g/mol. The summed E-state index contributed by atoms with van der Waals surface area (Å²) in [6.07, 6.45) is 0. The van der Waals surface area contributed by atoms with Crippen molar-refractivity contribution in [2.45, 2.75) is 0 Å². The summed E-state index contributed by atoms with van der Waals surface area (Å²) in [4.78, 5) is 14.4. The molecule has 1 N–H and O–H groups in total. The SMILES string of the molecule is CNc1nc(-c2ccc([N+](=O)[O-])cc2)ccc1C#N. The van der Waals surface area contributed by atoms with Crippen molar-refractivity contribution in [2.24, 2.45) is 0 Å². The van der Waals surface area contributed by atoms with E-state index in [9.17, 15) is 10.1 Å². The summed E-state index contributed by atoms with van der Waals surface area (Å²) < 4.78 is 0. The van der Waals surface area contributed by atoms with Gasteiger partial charge in [0.15, 0.2) is 0 Å². The normalized spacial score (nSPS) is 9.68. The van der Waals surface area contributed by atoms with Crippen LogP contribution in [0.25, 0.3) is 11.3 Å². The highest BCUT2D eigenvalue weighted by molar-refractivity contribution is 5.65. The van der Waals surface area contributed by atoms with Crippen LogP contribution in [-0.4, -0.2) is 17.0 Å². The quantitative estimate of drug-likeness (QED) is 0.671. The van der Waals surface area contributed by atoms with Gasteiger partial charge in [0, 0.05) is 24.7 Å². The van der Waals surface area contributed by atoms with Gasteiger partial charge in [-0.2, -0.15) is 5.26 Å². The molecule has 0 spiro atoms. The number of hydrogen-bond acceptors (Lipinski definition) is 5. The van der Waals surface area contributed by atoms with Crippen LogP contribution in [0.1, 0.15) is 5.56 Å². The second-order valence-corrected chi connectivity index (χ2v) is 3.76. The van der Waals surface area contributed by atoms with E-state index in [0.29, 0.717) is 17.1 Å². The zero-order chi connectivity index (χ0) is 13.8. The highest BCUT2D eigenvalue weighted by Crippen LogP contribution is 2.23. The first-order valence-corrected chi connectivity index (χ1v) is 5.49. The number of hydrogen-bond donors (Lipinski definition) is 1. The van der Waals surface area contributed by atoms with Crippen LogP contribution in [0.2, 0.25) is 0 Å². The second-order valence-electron chi connectivity index (χ2n) is 3.76. The molecule has 0 unspecified atom stereocenters. The van der Waals surface area contributed by atoms with Crippen LogP contribution < -0.4 is 5.32 Å². The van der Waals surface area contributed by atoms with E-state index in [2.05, 4.69) is 10.3 Å². The molecule has 0 aliphatic rings. The molecular formula is C13H10N4O2. The summed E-state index contributed by atoms with van der Waals surface area (Å²) in [6, 6.07) is 11.5. The minimum absolute atomic E-state index is 0.0336. The summed E-state index contributed by atoms with van der Waals surface area (Å²) in [6.45, 7) is 0. The molecule has 0 amide bonds. The number of nitrogens with zero attached hydrogens (tertiary/aromatic N) is 3.